The maximum absolute atomic E-state index is 12.0. The summed E-state index contributed by atoms with van der Waals surface area (Å²) in [5.74, 6) is -0.107. The predicted molar refractivity (Wildman–Crippen MR) is 85.1 cm³/mol. The Hall–Kier alpha value is -1.44. The topological polar surface area (TPSA) is 75.7 Å². The van der Waals surface area contributed by atoms with E-state index in [0.717, 1.165) is 16.8 Å². The number of ether oxygens (including phenoxy) is 1. The van der Waals surface area contributed by atoms with E-state index in [1.807, 2.05) is 18.2 Å². The minimum Gasteiger partial charge on any atom is -0.372 e. The molecular formula is C15H22N2O4S. The number of anilines is 1. The Bertz CT molecular complexity index is 658. The highest BCUT2D eigenvalue weighted by atomic mass is 32.2. The van der Waals surface area contributed by atoms with Gasteiger partial charge in [-0.2, -0.15) is 4.31 Å². The van der Waals surface area contributed by atoms with Gasteiger partial charge < -0.3 is 10.1 Å². The number of carbonyl (C=O) groups excluding carboxylic acids is 1. The van der Waals surface area contributed by atoms with Crippen LogP contribution in [0.5, 0.6) is 0 Å². The minimum atomic E-state index is -3.19. The van der Waals surface area contributed by atoms with Crippen LogP contribution in [0.2, 0.25) is 0 Å². The van der Waals surface area contributed by atoms with E-state index >= 15 is 0 Å². The van der Waals surface area contributed by atoms with Gasteiger partial charge >= 0.3 is 0 Å². The number of hydrogen-bond acceptors (Lipinski definition) is 4. The molecule has 0 spiro atoms. The number of methoxy groups -OCH3 is 1. The average molecular weight is 326 g/mol. The molecule has 1 atom stereocenters. The first kappa shape index (κ1) is 16.9. The highest BCUT2D eigenvalue weighted by Gasteiger charge is 2.27. The van der Waals surface area contributed by atoms with Crippen LogP contribution >= 0.6 is 0 Å². The lowest BCUT2D eigenvalue weighted by molar-refractivity contribution is -0.124. The monoisotopic (exact) mass is 326 g/mol. The maximum Gasteiger partial charge on any atom is 0.253 e. The van der Waals surface area contributed by atoms with Crippen LogP contribution < -0.4 is 5.32 Å². The second-order valence-corrected chi connectivity index (χ2v) is 7.55. The van der Waals surface area contributed by atoms with E-state index in [9.17, 15) is 13.2 Å². The molecule has 1 aliphatic heterocycles. The van der Waals surface area contributed by atoms with E-state index in [2.05, 4.69) is 5.32 Å². The fourth-order valence-corrected chi connectivity index (χ4v) is 3.53. The zero-order valence-corrected chi connectivity index (χ0v) is 13.9. The smallest absolute Gasteiger partial charge is 0.253 e. The summed E-state index contributed by atoms with van der Waals surface area (Å²) in [7, 11) is -1.71. The van der Waals surface area contributed by atoms with Gasteiger partial charge in [0.1, 0.15) is 6.10 Å². The zero-order chi connectivity index (χ0) is 16.3. The molecule has 2 rings (SSSR count). The Kier molecular flexibility index (Phi) is 5.20. The van der Waals surface area contributed by atoms with Crippen LogP contribution in [0.3, 0.4) is 0 Å². The van der Waals surface area contributed by atoms with Gasteiger partial charge in [0.2, 0.25) is 10.0 Å². The Morgan fingerprint density at radius 2 is 2.18 bits per heavy atom. The normalized spacial score (nSPS) is 16.9. The second kappa shape index (κ2) is 6.76. The minimum absolute atomic E-state index is 0.101. The summed E-state index contributed by atoms with van der Waals surface area (Å²) in [5, 5.41) is 2.86. The van der Waals surface area contributed by atoms with Crippen LogP contribution in [0.25, 0.3) is 0 Å². The third-order valence-corrected chi connectivity index (χ3v) is 5.80. The molecule has 6 nitrogen and oxygen atoms in total. The van der Waals surface area contributed by atoms with Crippen LogP contribution in [0, 0.1) is 0 Å². The first-order valence-electron chi connectivity index (χ1n) is 7.31. The highest BCUT2D eigenvalue weighted by molar-refractivity contribution is 7.89. The van der Waals surface area contributed by atoms with Crippen LogP contribution in [-0.2, 0) is 32.5 Å². The van der Waals surface area contributed by atoms with Crippen LogP contribution in [0.1, 0.15) is 25.0 Å². The summed E-state index contributed by atoms with van der Waals surface area (Å²) >= 11 is 0. The number of amides is 1. The van der Waals surface area contributed by atoms with Crippen molar-refractivity contribution in [1.29, 1.82) is 0 Å². The Labute approximate surface area is 131 Å². The van der Waals surface area contributed by atoms with Crippen molar-refractivity contribution in [1.82, 2.24) is 4.31 Å². The third-order valence-electron chi connectivity index (χ3n) is 3.97. The number of nitrogens with one attached hydrogen (secondary N) is 1. The molecule has 1 aliphatic rings. The number of rotatable bonds is 5. The van der Waals surface area contributed by atoms with E-state index in [1.165, 1.54) is 11.4 Å². The molecule has 1 heterocycles. The number of hydrogen-bond donors (Lipinski definition) is 1. The largest absolute Gasteiger partial charge is 0.372 e. The Morgan fingerprint density at radius 3 is 2.82 bits per heavy atom. The molecular weight excluding hydrogens is 304 g/mol. The lowest BCUT2D eigenvalue weighted by atomic mass is 9.99. The predicted octanol–water partition coefficient (Wildman–Crippen LogP) is 1.37. The van der Waals surface area contributed by atoms with Gasteiger partial charge in [-0.25, -0.2) is 8.42 Å². The summed E-state index contributed by atoms with van der Waals surface area (Å²) in [6.45, 7) is 4.12. The standard InChI is InChI=1S/C15H22N2O4S/c1-4-22(19,20)17-9-8-13-12(10-17)6-5-7-14(13)16-15(18)11(2)21-3/h5-7,11H,4,8-10H2,1-3H3,(H,16,18)/t11-/m1/s1. The maximum atomic E-state index is 12.0. The number of sulfonamides is 1. The van der Waals surface area contributed by atoms with E-state index in [0.29, 0.717) is 19.5 Å². The van der Waals surface area contributed by atoms with E-state index in [-0.39, 0.29) is 11.7 Å². The summed E-state index contributed by atoms with van der Waals surface area (Å²) in [4.78, 5) is 12.0. The molecule has 1 N–H and O–H groups in total. The Balaban J connectivity index is 2.23. The van der Waals surface area contributed by atoms with Crippen molar-refractivity contribution in [3.8, 4) is 0 Å². The van der Waals surface area contributed by atoms with Crippen LogP contribution in [-0.4, -0.2) is 44.1 Å². The van der Waals surface area contributed by atoms with Crippen molar-refractivity contribution in [3.63, 3.8) is 0 Å². The van der Waals surface area contributed by atoms with Gasteiger partial charge in [0, 0.05) is 25.9 Å². The molecule has 0 fully saturated rings. The van der Waals surface area contributed by atoms with Gasteiger partial charge in [-0.15, -0.1) is 0 Å². The van der Waals surface area contributed by atoms with Gasteiger partial charge in [0.25, 0.3) is 5.91 Å². The van der Waals surface area contributed by atoms with Crippen molar-refractivity contribution >= 4 is 21.6 Å². The summed E-state index contributed by atoms with van der Waals surface area (Å²) in [6, 6.07) is 5.57. The fraction of sp³-hybridized carbons (Fsp3) is 0.533. The summed E-state index contributed by atoms with van der Waals surface area (Å²) in [5.41, 5.74) is 2.67. The van der Waals surface area contributed by atoms with Gasteiger partial charge in [-0.1, -0.05) is 12.1 Å². The van der Waals surface area contributed by atoms with E-state index in [1.54, 1.807) is 13.8 Å². The number of fused-ring (bicyclic) bond motifs is 1. The molecule has 0 saturated heterocycles. The molecule has 22 heavy (non-hydrogen) atoms. The van der Waals surface area contributed by atoms with Crippen molar-refractivity contribution in [2.24, 2.45) is 0 Å². The lowest BCUT2D eigenvalue weighted by Crippen LogP contribution is -2.37. The average Bonchev–Trinajstić information content (AvgIpc) is 2.53. The lowest BCUT2D eigenvalue weighted by Gasteiger charge is -2.29. The molecule has 0 saturated carbocycles. The molecule has 0 unspecified atom stereocenters. The molecule has 0 aliphatic carbocycles. The van der Waals surface area contributed by atoms with E-state index in [4.69, 9.17) is 4.74 Å². The third kappa shape index (κ3) is 3.48. The van der Waals surface area contributed by atoms with Crippen LogP contribution in [0.15, 0.2) is 18.2 Å². The van der Waals surface area contributed by atoms with E-state index < -0.39 is 16.1 Å². The molecule has 122 valence electrons. The van der Waals surface area contributed by atoms with Crippen LogP contribution in [0.4, 0.5) is 5.69 Å². The molecule has 0 radical (unpaired) electrons. The second-order valence-electron chi connectivity index (χ2n) is 5.29. The summed E-state index contributed by atoms with van der Waals surface area (Å²) < 4.78 is 30.5. The zero-order valence-electron chi connectivity index (χ0n) is 13.1. The highest BCUT2D eigenvalue weighted by Crippen LogP contribution is 2.27. The first-order chi connectivity index (χ1) is 10.4. The SMILES string of the molecule is CCS(=O)(=O)N1CCc2c(cccc2NC(=O)[C@@H](C)OC)C1. The van der Waals surface area contributed by atoms with Gasteiger partial charge in [-0.05, 0) is 37.5 Å². The van der Waals surface area contributed by atoms with Crippen molar-refractivity contribution in [2.75, 3.05) is 24.7 Å². The number of carbonyl (C=O) groups is 1. The quantitative estimate of drug-likeness (QED) is 0.887. The molecule has 1 aromatic rings. The summed E-state index contributed by atoms with van der Waals surface area (Å²) in [6.07, 6.45) is 0.0586. The fourth-order valence-electron chi connectivity index (χ4n) is 2.46. The molecule has 1 aromatic carbocycles. The number of benzene rings is 1. The number of nitrogens with zero attached hydrogens (tertiary/aromatic N) is 1. The van der Waals surface area contributed by atoms with Gasteiger partial charge in [0.05, 0.1) is 5.75 Å². The Morgan fingerprint density at radius 1 is 1.45 bits per heavy atom. The van der Waals surface area contributed by atoms with Crippen molar-refractivity contribution in [2.45, 2.75) is 32.9 Å². The molecule has 7 heteroatoms. The van der Waals surface area contributed by atoms with Gasteiger partial charge in [-0.3, -0.25) is 4.79 Å². The molecule has 0 aromatic heterocycles. The first-order valence-corrected chi connectivity index (χ1v) is 8.92. The molecule has 0 bridgehead atoms. The van der Waals surface area contributed by atoms with Crippen molar-refractivity contribution in [3.05, 3.63) is 29.3 Å². The van der Waals surface area contributed by atoms with Gasteiger partial charge in [0.15, 0.2) is 0 Å². The van der Waals surface area contributed by atoms with Crippen molar-refractivity contribution < 1.29 is 17.9 Å². The molecule has 1 amide bonds.